The van der Waals surface area contributed by atoms with Crippen LogP contribution in [-0.4, -0.2) is 12.6 Å². The molecule has 0 saturated carbocycles. The standard InChI is InChI=1S/C15H15BrClNO2S/c1-3-20-15(19)13(14-9(2)6-7-21-14)18-10-4-5-12(17)11(16)8-10/h4-8,13,18H,3H2,1-2H3. The number of esters is 1. The Bertz CT molecular complexity index is 644. The molecular weight excluding hydrogens is 374 g/mol. The molecule has 21 heavy (non-hydrogen) atoms. The summed E-state index contributed by atoms with van der Waals surface area (Å²) in [6.45, 7) is 4.14. The van der Waals surface area contributed by atoms with Crippen molar-refractivity contribution < 1.29 is 9.53 Å². The molecule has 0 aliphatic heterocycles. The van der Waals surface area contributed by atoms with Crippen molar-refractivity contribution in [2.75, 3.05) is 11.9 Å². The fourth-order valence-electron chi connectivity index (χ4n) is 1.89. The number of ether oxygens (including phenoxy) is 1. The SMILES string of the molecule is CCOC(=O)C(Nc1ccc(Cl)c(Br)c1)c1sccc1C. The molecule has 0 aliphatic rings. The number of hydrogen-bond acceptors (Lipinski definition) is 4. The maximum atomic E-state index is 12.2. The number of nitrogens with one attached hydrogen (secondary N) is 1. The largest absolute Gasteiger partial charge is 0.464 e. The van der Waals surface area contributed by atoms with Crippen molar-refractivity contribution in [1.82, 2.24) is 0 Å². The van der Waals surface area contributed by atoms with Gasteiger partial charge in [0.05, 0.1) is 11.6 Å². The van der Waals surface area contributed by atoms with Crippen LogP contribution in [0.5, 0.6) is 0 Å². The van der Waals surface area contributed by atoms with Crippen LogP contribution in [-0.2, 0) is 9.53 Å². The zero-order chi connectivity index (χ0) is 15.4. The van der Waals surface area contributed by atoms with Crippen molar-refractivity contribution >= 4 is 50.5 Å². The van der Waals surface area contributed by atoms with E-state index in [2.05, 4.69) is 21.2 Å². The number of rotatable bonds is 5. The summed E-state index contributed by atoms with van der Waals surface area (Å²) in [7, 11) is 0. The monoisotopic (exact) mass is 387 g/mol. The first-order valence-electron chi connectivity index (χ1n) is 6.45. The molecule has 0 fully saturated rings. The molecule has 1 unspecified atom stereocenters. The first-order valence-corrected chi connectivity index (χ1v) is 8.50. The summed E-state index contributed by atoms with van der Waals surface area (Å²) < 4.78 is 5.95. The van der Waals surface area contributed by atoms with Gasteiger partial charge in [0, 0.05) is 15.0 Å². The minimum atomic E-state index is -0.516. The smallest absolute Gasteiger partial charge is 0.334 e. The second kappa shape index (κ2) is 7.29. The van der Waals surface area contributed by atoms with E-state index in [1.807, 2.05) is 30.5 Å². The Morgan fingerprint density at radius 3 is 2.81 bits per heavy atom. The van der Waals surface area contributed by atoms with Gasteiger partial charge >= 0.3 is 5.97 Å². The van der Waals surface area contributed by atoms with Crippen LogP contribution >= 0.6 is 38.9 Å². The van der Waals surface area contributed by atoms with Crippen LogP contribution in [0.2, 0.25) is 5.02 Å². The Labute approximate surface area is 141 Å². The first kappa shape index (κ1) is 16.3. The summed E-state index contributed by atoms with van der Waals surface area (Å²) in [4.78, 5) is 13.2. The molecule has 112 valence electrons. The zero-order valence-corrected chi connectivity index (χ0v) is 14.8. The van der Waals surface area contributed by atoms with Crippen LogP contribution in [0.25, 0.3) is 0 Å². The van der Waals surface area contributed by atoms with Crippen LogP contribution in [0.4, 0.5) is 5.69 Å². The second-order valence-electron chi connectivity index (χ2n) is 4.43. The van der Waals surface area contributed by atoms with Crippen molar-refractivity contribution in [3.8, 4) is 0 Å². The molecule has 2 aromatic rings. The van der Waals surface area contributed by atoms with Gasteiger partial charge in [-0.2, -0.15) is 0 Å². The van der Waals surface area contributed by atoms with Crippen LogP contribution in [0.15, 0.2) is 34.1 Å². The third-order valence-corrected chi connectivity index (χ3v) is 5.21. The predicted octanol–water partition coefficient (Wildman–Crippen LogP) is 5.19. The highest BCUT2D eigenvalue weighted by Gasteiger charge is 2.24. The van der Waals surface area contributed by atoms with Crippen LogP contribution < -0.4 is 5.32 Å². The first-order chi connectivity index (χ1) is 10.0. The van der Waals surface area contributed by atoms with Crippen molar-refractivity contribution in [1.29, 1.82) is 0 Å². The molecule has 1 N–H and O–H groups in total. The molecule has 1 aromatic heterocycles. The molecule has 1 atom stereocenters. The van der Waals surface area contributed by atoms with E-state index in [0.717, 1.165) is 20.6 Å². The van der Waals surface area contributed by atoms with E-state index in [4.69, 9.17) is 16.3 Å². The highest BCUT2D eigenvalue weighted by atomic mass is 79.9. The molecule has 3 nitrogen and oxygen atoms in total. The summed E-state index contributed by atoms with van der Waals surface area (Å²) in [6.07, 6.45) is 0. The lowest BCUT2D eigenvalue weighted by Gasteiger charge is -2.18. The molecular formula is C15H15BrClNO2S. The number of aryl methyl sites for hydroxylation is 1. The third kappa shape index (κ3) is 3.99. The molecule has 1 aromatic carbocycles. The van der Waals surface area contributed by atoms with Gasteiger partial charge in [-0.1, -0.05) is 11.6 Å². The van der Waals surface area contributed by atoms with Crippen molar-refractivity contribution in [2.24, 2.45) is 0 Å². The minimum absolute atomic E-state index is 0.283. The normalized spacial score (nSPS) is 12.0. The number of benzene rings is 1. The summed E-state index contributed by atoms with van der Waals surface area (Å²) >= 11 is 10.9. The number of halogens is 2. The molecule has 0 saturated heterocycles. The zero-order valence-electron chi connectivity index (χ0n) is 11.7. The average molecular weight is 389 g/mol. The number of carbonyl (C=O) groups is 1. The van der Waals surface area contributed by atoms with Gasteiger partial charge in [-0.05, 0) is 65.0 Å². The number of carbonyl (C=O) groups excluding carboxylic acids is 1. The number of hydrogen-bond donors (Lipinski definition) is 1. The average Bonchev–Trinajstić information content (AvgIpc) is 2.86. The fourth-order valence-corrected chi connectivity index (χ4v) is 3.35. The lowest BCUT2D eigenvalue weighted by molar-refractivity contribution is -0.144. The Morgan fingerprint density at radius 2 is 2.24 bits per heavy atom. The Balaban J connectivity index is 2.29. The van der Waals surface area contributed by atoms with Gasteiger partial charge in [0.1, 0.15) is 0 Å². The Kier molecular flexibility index (Phi) is 5.67. The van der Waals surface area contributed by atoms with E-state index >= 15 is 0 Å². The Hall–Kier alpha value is -1.04. The van der Waals surface area contributed by atoms with Gasteiger partial charge in [-0.15, -0.1) is 11.3 Å². The lowest BCUT2D eigenvalue weighted by Crippen LogP contribution is -2.23. The molecule has 0 bridgehead atoms. The van der Waals surface area contributed by atoms with Crippen molar-refractivity contribution in [3.05, 3.63) is 49.6 Å². The van der Waals surface area contributed by atoms with E-state index in [9.17, 15) is 4.79 Å². The van der Waals surface area contributed by atoms with Gasteiger partial charge in [-0.3, -0.25) is 0 Å². The van der Waals surface area contributed by atoms with Gasteiger partial charge in [0.15, 0.2) is 6.04 Å². The van der Waals surface area contributed by atoms with Gasteiger partial charge in [-0.25, -0.2) is 4.79 Å². The highest BCUT2D eigenvalue weighted by Crippen LogP contribution is 2.31. The maximum Gasteiger partial charge on any atom is 0.334 e. The third-order valence-electron chi connectivity index (χ3n) is 2.92. The summed E-state index contributed by atoms with van der Waals surface area (Å²) in [5.41, 5.74) is 1.87. The lowest BCUT2D eigenvalue weighted by atomic mass is 10.1. The Morgan fingerprint density at radius 1 is 1.48 bits per heavy atom. The molecule has 0 amide bonds. The van der Waals surface area contributed by atoms with Gasteiger partial charge in [0.2, 0.25) is 0 Å². The maximum absolute atomic E-state index is 12.2. The van der Waals surface area contributed by atoms with E-state index in [1.165, 1.54) is 11.3 Å². The second-order valence-corrected chi connectivity index (χ2v) is 6.64. The van der Waals surface area contributed by atoms with Crippen LogP contribution in [0.3, 0.4) is 0 Å². The molecule has 0 aliphatic carbocycles. The summed E-state index contributed by atoms with van der Waals surface area (Å²) in [5, 5.41) is 5.82. The summed E-state index contributed by atoms with van der Waals surface area (Å²) in [5.74, 6) is -0.283. The van der Waals surface area contributed by atoms with Crippen molar-refractivity contribution in [3.63, 3.8) is 0 Å². The van der Waals surface area contributed by atoms with E-state index in [1.54, 1.807) is 13.0 Å². The van der Waals surface area contributed by atoms with Crippen LogP contribution in [0, 0.1) is 6.92 Å². The molecule has 1 heterocycles. The molecule has 0 spiro atoms. The fraction of sp³-hybridized carbons (Fsp3) is 0.267. The quantitative estimate of drug-likeness (QED) is 0.716. The van der Waals surface area contributed by atoms with Crippen molar-refractivity contribution in [2.45, 2.75) is 19.9 Å². The van der Waals surface area contributed by atoms with E-state index in [-0.39, 0.29) is 5.97 Å². The predicted molar refractivity (Wildman–Crippen MR) is 91.2 cm³/mol. The molecule has 6 heteroatoms. The van der Waals surface area contributed by atoms with E-state index in [0.29, 0.717) is 11.6 Å². The minimum Gasteiger partial charge on any atom is -0.464 e. The molecule has 0 radical (unpaired) electrons. The molecule has 2 rings (SSSR count). The highest BCUT2D eigenvalue weighted by molar-refractivity contribution is 9.10. The van der Waals surface area contributed by atoms with Crippen LogP contribution in [0.1, 0.15) is 23.4 Å². The van der Waals surface area contributed by atoms with Gasteiger partial charge in [0.25, 0.3) is 0 Å². The summed E-state index contributed by atoms with van der Waals surface area (Å²) in [6, 6.07) is 6.93. The van der Waals surface area contributed by atoms with Gasteiger partial charge < -0.3 is 10.1 Å². The number of anilines is 1. The topological polar surface area (TPSA) is 38.3 Å². The number of thiophene rings is 1. The van der Waals surface area contributed by atoms with E-state index < -0.39 is 6.04 Å².